The summed E-state index contributed by atoms with van der Waals surface area (Å²) < 4.78 is 18.6. The minimum atomic E-state index is -0.831. The normalized spacial score (nSPS) is 19.0. The lowest BCUT2D eigenvalue weighted by molar-refractivity contribution is -0.0570. The third kappa shape index (κ3) is 8.56. The molecule has 1 heterocycles. The lowest BCUT2D eigenvalue weighted by Crippen LogP contribution is -2.50. The minimum Gasteiger partial charge on any atom is -0.391 e. The van der Waals surface area contributed by atoms with Gasteiger partial charge >= 0.3 is 0 Å². The van der Waals surface area contributed by atoms with Gasteiger partial charge in [0.05, 0.1) is 32.5 Å². The van der Waals surface area contributed by atoms with Crippen LogP contribution in [0.2, 0.25) is 0 Å². The van der Waals surface area contributed by atoms with Crippen LogP contribution in [0.5, 0.6) is 0 Å². The Morgan fingerprint density at radius 1 is 0.673 bits per heavy atom. The van der Waals surface area contributed by atoms with E-state index in [4.69, 9.17) is 14.2 Å². The van der Waals surface area contributed by atoms with Crippen molar-refractivity contribution in [2.45, 2.75) is 37.7 Å². The Kier molecular flexibility index (Phi) is 12.1. The molecule has 5 nitrogen and oxygen atoms in total. The molecule has 49 heavy (non-hydrogen) atoms. The molecular formula is C44H49NO4. The second kappa shape index (κ2) is 17.0. The van der Waals surface area contributed by atoms with Gasteiger partial charge in [0.25, 0.3) is 0 Å². The Hall–Kier alpha value is -4.10. The summed E-state index contributed by atoms with van der Waals surface area (Å²) in [6.45, 7) is 6.64. The molecule has 1 N–H and O–H groups in total. The van der Waals surface area contributed by atoms with Crippen LogP contribution in [-0.2, 0) is 33.0 Å². The molecule has 1 aliphatic rings. The maximum absolute atomic E-state index is 11.9. The van der Waals surface area contributed by atoms with Crippen LogP contribution in [0.4, 0.5) is 0 Å². The lowest BCUT2D eigenvalue weighted by Gasteiger charge is -2.44. The molecule has 0 spiro atoms. The first kappa shape index (κ1) is 34.8. The van der Waals surface area contributed by atoms with Crippen LogP contribution in [-0.4, -0.2) is 56.1 Å². The van der Waals surface area contributed by atoms with Crippen molar-refractivity contribution in [1.82, 2.24) is 4.90 Å². The van der Waals surface area contributed by atoms with Crippen molar-refractivity contribution in [2.75, 3.05) is 40.0 Å². The molecule has 0 bridgehead atoms. The number of methoxy groups -OCH3 is 1. The van der Waals surface area contributed by atoms with Crippen molar-refractivity contribution < 1.29 is 19.3 Å². The molecule has 5 heteroatoms. The molecule has 6 rings (SSSR count). The number of β-amino-alcohol motifs (C(OH)–C–C–N with tert-alkyl or cyclic N) is 1. The summed E-state index contributed by atoms with van der Waals surface area (Å²) in [5.74, 6) is 0.278. The lowest BCUT2D eigenvalue weighted by atomic mass is 9.77. The quantitative estimate of drug-likeness (QED) is 0.116. The zero-order valence-electron chi connectivity index (χ0n) is 28.7. The molecule has 4 unspecified atom stereocenters. The number of aliphatic hydroxyl groups excluding tert-OH is 1. The molecule has 5 aromatic carbocycles. The Morgan fingerprint density at radius 3 is 1.73 bits per heavy atom. The van der Waals surface area contributed by atoms with Crippen molar-refractivity contribution in [3.63, 3.8) is 0 Å². The third-order valence-corrected chi connectivity index (χ3v) is 9.65. The van der Waals surface area contributed by atoms with E-state index in [1.165, 1.54) is 5.56 Å². The van der Waals surface area contributed by atoms with Crippen molar-refractivity contribution in [2.24, 2.45) is 11.8 Å². The number of ether oxygens (including phenoxy) is 3. The number of hydrogen-bond donors (Lipinski definition) is 1. The van der Waals surface area contributed by atoms with Crippen molar-refractivity contribution in [3.8, 4) is 0 Å². The number of benzene rings is 5. The average Bonchev–Trinajstić information content (AvgIpc) is 3.14. The van der Waals surface area contributed by atoms with Gasteiger partial charge in [0.15, 0.2) is 0 Å². The van der Waals surface area contributed by atoms with E-state index < -0.39 is 11.7 Å². The van der Waals surface area contributed by atoms with Crippen LogP contribution in [0.1, 0.15) is 46.2 Å². The molecule has 0 aromatic heterocycles. The summed E-state index contributed by atoms with van der Waals surface area (Å²) in [6, 6.07) is 50.7. The van der Waals surface area contributed by atoms with Gasteiger partial charge in [-0.3, -0.25) is 4.90 Å². The van der Waals surface area contributed by atoms with E-state index >= 15 is 0 Å². The molecule has 5 aromatic rings. The number of hydrogen-bond acceptors (Lipinski definition) is 5. The number of nitrogens with zero attached hydrogens (tertiary/aromatic N) is 1. The Bertz CT molecular complexity index is 1570. The number of aliphatic hydroxyl groups is 1. The SMILES string of the molecule is COCC(C)COCc1ccc(C2C(O)CN(Cc3ccccc3)CC2COC(c2ccccc2)(c2ccccc2)c2ccccc2)cc1. The van der Waals surface area contributed by atoms with Gasteiger partial charge in [-0.15, -0.1) is 0 Å². The van der Waals surface area contributed by atoms with E-state index in [0.717, 1.165) is 40.9 Å². The summed E-state index contributed by atoms with van der Waals surface area (Å²) in [7, 11) is 1.72. The van der Waals surface area contributed by atoms with Crippen LogP contribution in [0.25, 0.3) is 0 Å². The Balaban J connectivity index is 1.32. The predicted molar refractivity (Wildman–Crippen MR) is 196 cm³/mol. The number of rotatable bonds is 15. The zero-order valence-corrected chi connectivity index (χ0v) is 28.7. The summed E-state index contributed by atoms with van der Waals surface area (Å²) >= 11 is 0. The van der Waals surface area contributed by atoms with Crippen molar-refractivity contribution in [1.29, 1.82) is 0 Å². The molecule has 0 radical (unpaired) electrons. The topological polar surface area (TPSA) is 51.2 Å². The monoisotopic (exact) mass is 655 g/mol. The third-order valence-electron chi connectivity index (χ3n) is 9.65. The Labute approximate surface area is 292 Å². The molecule has 4 atom stereocenters. The van der Waals surface area contributed by atoms with Gasteiger partial charge in [0.2, 0.25) is 0 Å². The molecule has 0 aliphatic carbocycles. The minimum absolute atomic E-state index is 0.0277. The molecular weight excluding hydrogens is 606 g/mol. The van der Waals surface area contributed by atoms with Gasteiger partial charge in [-0.05, 0) is 33.4 Å². The fourth-order valence-corrected chi connectivity index (χ4v) is 7.38. The molecule has 254 valence electrons. The first-order valence-electron chi connectivity index (χ1n) is 17.5. The first-order chi connectivity index (χ1) is 24.1. The largest absolute Gasteiger partial charge is 0.391 e. The van der Waals surface area contributed by atoms with Crippen molar-refractivity contribution >= 4 is 0 Å². The number of likely N-dealkylation sites (tertiary alicyclic amines) is 1. The summed E-state index contributed by atoms with van der Waals surface area (Å²) in [5.41, 5.74) is 5.88. The standard InChI is InChI=1S/C44H49NO4/c1-34(30-47-2)31-48-32-36-23-25-37(26-24-36)43-38(28-45(29-42(43)46)27-35-15-7-3-8-16-35)33-49-44(39-17-9-4-10-18-39,40-19-11-5-12-20-40)41-21-13-6-14-22-41/h3-26,34,38,42-43,46H,27-33H2,1-2H3. The Morgan fingerprint density at radius 2 is 1.20 bits per heavy atom. The molecule has 0 saturated carbocycles. The summed E-state index contributed by atoms with van der Waals surface area (Å²) in [6.07, 6.45) is -0.553. The van der Waals surface area contributed by atoms with Crippen LogP contribution in [0.3, 0.4) is 0 Å². The van der Waals surface area contributed by atoms with E-state index in [0.29, 0.717) is 38.9 Å². The van der Waals surface area contributed by atoms with E-state index in [-0.39, 0.29) is 11.8 Å². The van der Waals surface area contributed by atoms with E-state index in [9.17, 15) is 5.11 Å². The van der Waals surface area contributed by atoms with Crippen molar-refractivity contribution in [3.05, 3.63) is 179 Å². The highest BCUT2D eigenvalue weighted by molar-refractivity contribution is 5.47. The van der Waals surface area contributed by atoms with Gasteiger partial charge in [-0.1, -0.05) is 153 Å². The second-order valence-electron chi connectivity index (χ2n) is 13.4. The van der Waals surface area contributed by atoms with Crippen LogP contribution >= 0.6 is 0 Å². The zero-order chi connectivity index (χ0) is 33.9. The predicted octanol–water partition coefficient (Wildman–Crippen LogP) is 8.07. The maximum Gasteiger partial charge on any atom is 0.143 e. The maximum atomic E-state index is 11.9. The fourth-order valence-electron chi connectivity index (χ4n) is 7.38. The van der Waals surface area contributed by atoms with Crippen LogP contribution in [0.15, 0.2) is 146 Å². The molecule has 0 amide bonds. The van der Waals surface area contributed by atoms with Gasteiger partial charge < -0.3 is 19.3 Å². The van der Waals surface area contributed by atoms with E-state index in [1.807, 2.05) is 24.3 Å². The second-order valence-corrected chi connectivity index (χ2v) is 13.4. The average molecular weight is 656 g/mol. The van der Waals surface area contributed by atoms with Gasteiger partial charge in [0, 0.05) is 44.5 Å². The van der Waals surface area contributed by atoms with Gasteiger partial charge in [0.1, 0.15) is 5.60 Å². The number of piperidine rings is 1. The van der Waals surface area contributed by atoms with Gasteiger partial charge in [-0.2, -0.15) is 0 Å². The summed E-state index contributed by atoms with van der Waals surface area (Å²) in [4.78, 5) is 2.38. The molecule has 1 saturated heterocycles. The van der Waals surface area contributed by atoms with Gasteiger partial charge in [-0.25, -0.2) is 0 Å². The molecule has 1 fully saturated rings. The van der Waals surface area contributed by atoms with E-state index in [2.05, 4.69) is 133 Å². The van der Waals surface area contributed by atoms with Crippen LogP contribution < -0.4 is 0 Å². The first-order valence-corrected chi connectivity index (χ1v) is 17.5. The highest BCUT2D eigenvalue weighted by Gasteiger charge is 2.42. The van der Waals surface area contributed by atoms with E-state index in [1.54, 1.807) is 7.11 Å². The molecule has 1 aliphatic heterocycles. The fraction of sp³-hybridized carbons (Fsp3) is 0.318. The highest BCUT2D eigenvalue weighted by atomic mass is 16.5. The highest BCUT2D eigenvalue weighted by Crippen LogP contribution is 2.43. The van der Waals surface area contributed by atoms with Crippen LogP contribution in [0, 0.1) is 11.8 Å². The smallest absolute Gasteiger partial charge is 0.143 e. The summed E-state index contributed by atoms with van der Waals surface area (Å²) in [5, 5.41) is 11.9.